The minimum atomic E-state index is -0.178. The lowest BCUT2D eigenvalue weighted by atomic mass is 9.97. The number of nitrogens with one attached hydrogen (secondary N) is 1. The van der Waals surface area contributed by atoms with Crippen LogP contribution in [0.4, 0.5) is 11.4 Å². The van der Waals surface area contributed by atoms with Crippen molar-refractivity contribution in [1.29, 1.82) is 0 Å². The van der Waals surface area contributed by atoms with Crippen LogP contribution in [0.25, 0.3) is 10.2 Å². The average molecular weight is 368 g/mol. The van der Waals surface area contributed by atoms with Gasteiger partial charge in [-0.05, 0) is 43.4 Å². The van der Waals surface area contributed by atoms with Crippen molar-refractivity contribution in [2.24, 2.45) is 0 Å². The molecule has 3 aromatic rings. The summed E-state index contributed by atoms with van der Waals surface area (Å²) in [6.07, 6.45) is 6.02. The largest absolute Gasteiger partial charge is 0.397 e. The lowest BCUT2D eigenvalue weighted by molar-refractivity contribution is -0.116. The maximum Gasteiger partial charge on any atom is 0.262 e. The Balaban J connectivity index is 1.52. The minimum Gasteiger partial charge on any atom is -0.397 e. The van der Waals surface area contributed by atoms with Gasteiger partial charge in [0.05, 0.1) is 23.1 Å². The number of benzene rings is 1. The number of aryl methyl sites for hydroxylation is 3. The van der Waals surface area contributed by atoms with E-state index in [1.54, 1.807) is 29.8 Å². The predicted octanol–water partition coefficient (Wildman–Crippen LogP) is 2.95. The number of carbonyl (C=O) groups is 1. The number of hydrogen-bond donors (Lipinski definition) is 2. The van der Waals surface area contributed by atoms with Gasteiger partial charge in [-0.3, -0.25) is 14.2 Å². The molecule has 0 radical (unpaired) electrons. The van der Waals surface area contributed by atoms with Crippen LogP contribution in [0.2, 0.25) is 0 Å². The molecule has 0 bridgehead atoms. The fourth-order valence-corrected chi connectivity index (χ4v) is 4.61. The van der Waals surface area contributed by atoms with Gasteiger partial charge in [-0.25, -0.2) is 4.98 Å². The zero-order valence-electron chi connectivity index (χ0n) is 14.3. The number of aromatic nitrogens is 2. The number of para-hydroxylation sites is 2. The van der Waals surface area contributed by atoms with Gasteiger partial charge in [0.25, 0.3) is 5.56 Å². The number of anilines is 2. The molecule has 2 aromatic heterocycles. The van der Waals surface area contributed by atoms with E-state index in [0.717, 1.165) is 29.5 Å². The first kappa shape index (κ1) is 16.8. The zero-order valence-corrected chi connectivity index (χ0v) is 15.1. The number of hydrogen-bond acceptors (Lipinski definition) is 5. The Labute approximate surface area is 154 Å². The molecule has 134 valence electrons. The van der Waals surface area contributed by atoms with Gasteiger partial charge in [0.2, 0.25) is 5.91 Å². The standard InChI is InChI=1S/C19H20N4O2S/c20-13-6-2-3-7-14(13)22-16(24)9-10-23-11-21-18-17(19(23)25)12-5-1-4-8-15(12)26-18/h2-3,6-7,11H,1,4-5,8-10,20H2,(H,22,24). The van der Waals surface area contributed by atoms with Gasteiger partial charge in [-0.1, -0.05) is 12.1 Å². The molecule has 0 saturated carbocycles. The van der Waals surface area contributed by atoms with E-state index in [0.29, 0.717) is 17.9 Å². The molecule has 3 N–H and O–H groups in total. The van der Waals surface area contributed by atoms with Gasteiger partial charge in [0.1, 0.15) is 4.83 Å². The Morgan fingerprint density at radius 3 is 2.92 bits per heavy atom. The van der Waals surface area contributed by atoms with E-state index in [1.807, 2.05) is 12.1 Å². The first-order valence-corrected chi connectivity index (χ1v) is 9.59. The van der Waals surface area contributed by atoms with Gasteiger partial charge in [-0.2, -0.15) is 0 Å². The van der Waals surface area contributed by atoms with Crippen LogP contribution in [-0.2, 0) is 24.2 Å². The molecule has 6 nitrogen and oxygen atoms in total. The summed E-state index contributed by atoms with van der Waals surface area (Å²) in [6.45, 7) is 0.297. The van der Waals surface area contributed by atoms with Crippen molar-refractivity contribution in [3.8, 4) is 0 Å². The van der Waals surface area contributed by atoms with Crippen LogP contribution in [0.5, 0.6) is 0 Å². The van der Waals surface area contributed by atoms with Crippen molar-refractivity contribution < 1.29 is 4.79 Å². The smallest absolute Gasteiger partial charge is 0.262 e. The molecule has 26 heavy (non-hydrogen) atoms. The Hall–Kier alpha value is -2.67. The quantitative estimate of drug-likeness (QED) is 0.693. The molecule has 0 atom stereocenters. The van der Waals surface area contributed by atoms with Gasteiger partial charge in [0.15, 0.2) is 0 Å². The van der Waals surface area contributed by atoms with Crippen molar-refractivity contribution >= 4 is 38.8 Å². The van der Waals surface area contributed by atoms with Crippen LogP contribution in [0.1, 0.15) is 29.7 Å². The maximum atomic E-state index is 12.9. The van der Waals surface area contributed by atoms with Crippen molar-refractivity contribution in [2.45, 2.75) is 38.6 Å². The minimum absolute atomic E-state index is 0.0403. The number of nitrogens with two attached hydrogens (primary N) is 1. The molecule has 2 heterocycles. The zero-order chi connectivity index (χ0) is 18.1. The molecule has 0 spiro atoms. The second-order valence-electron chi connectivity index (χ2n) is 6.52. The highest BCUT2D eigenvalue weighted by atomic mass is 32.1. The second-order valence-corrected chi connectivity index (χ2v) is 7.60. The van der Waals surface area contributed by atoms with E-state index >= 15 is 0 Å². The number of thiophene rings is 1. The van der Waals surface area contributed by atoms with Crippen molar-refractivity contribution in [3.63, 3.8) is 0 Å². The highest BCUT2D eigenvalue weighted by Gasteiger charge is 2.20. The third kappa shape index (κ3) is 3.10. The normalized spacial score (nSPS) is 13.5. The van der Waals surface area contributed by atoms with Crippen LogP contribution in [0, 0.1) is 0 Å². The maximum absolute atomic E-state index is 12.9. The molecule has 1 aliphatic carbocycles. The molecular formula is C19H20N4O2S. The summed E-state index contributed by atoms with van der Waals surface area (Å²) < 4.78 is 1.54. The average Bonchev–Trinajstić information content (AvgIpc) is 3.02. The highest BCUT2D eigenvalue weighted by molar-refractivity contribution is 7.18. The predicted molar refractivity (Wildman–Crippen MR) is 105 cm³/mol. The van der Waals surface area contributed by atoms with E-state index in [-0.39, 0.29) is 17.9 Å². The van der Waals surface area contributed by atoms with E-state index < -0.39 is 0 Å². The lowest BCUT2D eigenvalue weighted by Gasteiger charge is -2.11. The van der Waals surface area contributed by atoms with Crippen LogP contribution in [0.15, 0.2) is 35.4 Å². The first-order valence-electron chi connectivity index (χ1n) is 8.77. The summed E-state index contributed by atoms with van der Waals surface area (Å²) in [5.74, 6) is -0.178. The molecule has 0 saturated heterocycles. The second kappa shape index (κ2) is 6.92. The molecule has 0 fully saturated rings. The summed E-state index contributed by atoms with van der Waals surface area (Å²) in [7, 11) is 0. The molecule has 1 aromatic carbocycles. The van der Waals surface area contributed by atoms with Crippen LogP contribution >= 0.6 is 11.3 Å². The summed E-state index contributed by atoms with van der Waals surface area (Å²) in [6, 6.07) is 7.11. The van der Waals surface area contributed by atoms with Crippen LogP contribution in [-0.4, -0.2) is 15.5 Å². The van der Waals surface area contributed by atoms with Gasteiger partial charge in [-0.15, -0.1) is 11.3 Å². The van der Waals surface area contributed by atoms with Crippen molar-refractivity contribution in [1.82, 2.24) is 9.55 Å². The molecule has 1 amide bonds. The molecular weight excluding hydrogens is 348 g/mol. The number of nitrogens with zero attached hydrogens (tertiary/aromatic N) is 2. The molecule has 0 unspecified atom stereocenters. The van der Waals surface area contributed by atoms with Crippen molar-refractivity contribution in [3.05, 3.63) is 51.4 Å². The Morgan fingerprint density at radius 2 is 2.08 bits per heavy atom. The number of nitrogen functional groups attached to an aromatic ring is 1. The van der Waals surface area contributed by atoms with Crippen LogP contribution in [0.3, 0.4) is 0 Å². The Morgan fingerprint density at radius 1 is 1.27 bits per heavy atom. The molecule has 4 rings (SSSR count). The monoisotopic (exact) mass is 368 g/mol. The summed E-state index contributed by atoms with van der Waals surface area (Å²) in [4.78, 5) is 31.6. The summed E-state index contributed by atoms with van der Waals surface area (Å²) >= 11 is 1.63. The van der Waals surface area contributed by atoms with E-state index in [9.17, 15) is 9.59 Å². The Bertz CT molecular complexity index is 1040. The van der Waals surface area contributed by atoms with Crippen LogP contribution < -0.4 is 16.6 Å². The first-order chi connectivity index (χ1) is 12.6. The Kier molecular flexibility index (Phi) is 4.46. The van der Waals surface area contributed by atoms with E-state index in [1.165, 1.54) is 21.4 Å². The molecule has 0 aliphatic heterocycles. The number of fused-ring (bicyclic) bond motifs is 3. The third-order valence-electron chi connectivity index (χ3n) is 4.76. The van der Waals surface area contributed by atoms with Gasteiger partial charge < -0.3 is 11.1 Å². The number of amides is 1. The number of rotatable bonds is 4. The van der Waals surface area contributed by atoms with Gasteiger partial charge >= 0.3 is 0 Å². The van der Waals surface area contributed by atoms with E-state index in [2.05, 4.69) is 10.3 Å². The van der Waals surface area contributed by atoms with Crippen molar-refractivity contribution in [2.75, 3.05) is 11.1 Å². The van der Waals surface area contributed by atoms with Gasteiger partial charge in [0, 0.05) is 17.8 Å². The fourth-order valence-electron chi connectivity index (χ4n) is 3.39. The molecule has 1 aliphatic rings. The fraction of sp³-hybridized carbons (Fsp3) is 0.316. The molecule has 7 heteroatoms. The third-order valence-corrected chi connectivity index (χ3v) is 5.96. The summed E-state index contributed by atoms with van der Waals surface area (Å²) in [5.41, 5.74) is 8.07. The lowest BCUT2D eigenvalue weighted by Crippen LogP contribution is -2.24. The van der Waals surface area contributed by atoms with E-state index in [4.69, 9.17) is 5.73 Å². The summed E-state index contributed by atoms with van der Waals surface area (Å²) in [5, 5.41) is 3.53. The topological polar surface area (TPSA) is 90.0 Å². The SMILES string of the molecule is Nc1ccccc1NC(=O)CCn1cnc2sc3c(c2c1=O)CCCC3. The number of carbonyl (C=O) groups excluding carboxylic acids is 1. The highest BCUT2D eigenvalue weighted by Crippen LogP contribution is 2.33.